The minimum absolute atomic E-state index is 0.117. The van der Waals surface area contributed by atoms with Crippen LogP contribution in [0, 0.1) is 5.82 Å². The van der Waals surface area contributed by atoms with Gasteiger partial charge in [-0.15, -0.1) is 0 Å². The Morgan fingerprint density at radius 1 is 1.32 bits per heavy atom. The number of rotatable bonds is 2. The van der Waals surface area contributed by atoms with Gasteiger partial charge in [0.15, 0.2) is 0 Å². The van der Waals surface area contributed by atoms with Crippen molar-refractivity contribution in [3.05, 3.63) is 35.6 Å². The van der Waals surface area contributed by atoms with Crippen LogP contribution >= 0.6 is 0 Å². The van der Waals surface area contributed by atoms with Crippen LogP contribution in [0.2, 0.25) is 0 Å². The molecule has 0 bridgehead atoms. The number of halogens is 1. The average Bonchev–Trinajstić information content (AvgIpc) is 2.45. The second-order valence-corrected chi connectivity index (χ2v) is 6.83. The van der Waals surface area contributed by atoms with Gasteiger partial charge in [-0.1, -0.05) is 12.1 Å². The number of hydrogen-bond acceptors (Lipinski definition) is 3. The SMILES string of the molecule is CN(C(=O)OC(C)(C)C)[C@@H]1CCN[C@H](c2ccc(F)cc2)C1. The molecule has 2 atom stereocenters. The number of hydrogen-bond donors (Lipinski definition) is 1. The molecule has 1 saturated heterocycles. The van der Waals surface area contributed by atoms with Crippen molar-refractivity contribution >= 4 is 6.09 Å². The molecule has 0 unspecified atom stereocenters. The Labute approximate surface area is 131 Å². The van der Waals surface area contributed by atoms with Crippen LogP contribution in [0.1, 0.15) is 45.2 Å². The quantitative estimate of drug-likeness (QED) is 0.909. The fourth-order valence-electron chi connectivity index (χ4n) is 2.68. The molecule has 4 nitrogen and oxygen atoms in total. The number of nitrogens with zero attached hydrogens (tertiary/aromatic N) is 1. The highest BCUT2D eigenvalue weighted by Gasteiger charge is 2.30. The van der Waals surface area contributed by atoms with Gasteiger partial charge in [-0.25, -0.2) is 9.18 Å². The third-order valence-corrected chi connectivity index (χ3v) is 3.88. The lowest BCUT2D eigenvalue weighted by molar-refractivity contribution is 0.0179. The van der Waals surface area contributed by atoms with Crippen LogP contribution in [-0.4, -0.2) is 36.2 Å². The minimum atomic E-state index is -0.491. The zero-order chi connectivity index (χ0) is 16.3. The molecule has 0 saturated carbocycles. The van der Waals surface area contributed by atoms with E-state index in [0.29, 0.717) is 0 Å². The predicted molar refractivity (Wildman–Crippen MR) is 84.2 cm³/mol. The molecule has 1 heterocycles. The molecular weight excluding hydrogens is 283 g/mol. The van der Waals surface area contributed by atoms with Crippen LogP contribution in [0.3, 0.4) is 0 Å². The fraction of sp³-hybridized carbons (Fsp3) is 0.588. The van der Waals surface area contributed by atoms with Gasteiger partial charge >= 0.3 is 6.09 Å². The summed E-state index contributed by atoms with van der Waals surface area (Å²) in [6.07, 6.45) is 1.38. The van der Waals surface area contributed by atoms with Crippen LogP contribution in [0.15, 0.2) is 24.3 Å². The van der Waals surface area contributed by atoms with Gasteiger partial charge in [0.2, 0.25) is 0 Å². The van der Waals surface area contributed by atoms with E-state index in [1.807, 2.05) is 20.8 Å². The minimum Gasteiger partial charge on any atom is -0.444 e. The first kappa shape index (κ1) is 16.7. The van der Waals surface area contributed by atoms with Gasteiger partial charge in [-0.05, 0) is 57.9 Å². The average molecular weight is 308 g/mol. The van der Waals surface area contributed by atoms with E-state index in [4.69, 9.17) is 4.74 Å². The summed E-state index contributed by atoms with van der Waals surface area (Å²) in [7, 11) is 1.78. The van der Waals surface area contributed by atoms with Gasteiger partial charge in [0.25, 0.3) is 0 Å². The first-order valence-electron chi connectivity index (χ1n) is 7.71. The first-order valence-corrected chi connectivity index (χ1v) is 7.71. The number of amides is 1. The molecule has 1 N–H and O–H groups in total. The summed E-state index contributed by atoms with van der Waals surface area (Å²) in [5, 5.41) is 3.43. The van der Waals surface area contributed by atoms with E-state index in [-0.39, 0.29) is 24.0 Å². The van der Waals surface area contributed by atoms with Gasteiger partial charge in [0, 0.05) is 19.1 Å². The van der Waals surface area contributed by atoms with Gasteiger partial charge in [0.1, 0.15) is 11.4 Å². The first-order chi connectivity index (χ1) is 10.3. The molecule has 1 fully saturated rings. The number of carbonyl (C=O) groups is 1. The van der Waals surface area contributed by atoms with Crippen molar-refractivity contribution in [1.82, 2.24) is 10.2 Å². The normalized spacial score (nSPS) is 22.2. The van der Waals surface area contributed by atoms with E-state index in [9.17, 15) is 9.18 Å². The van der Waals surface area contributed by atoms with E-state index in [0.717, 1.165) is 24.9 Å². The molecule has 1 aromatic carbocycles. The third-order valence-electron chi connectivity index (χ3n) is 3.88. The highest BCUT2D eigenvalue weighted by molar-refractivity contribution is 5.68. The molecular formula is C17H25FN2O2. The number of ether oxygens (including phenoxy) is 1. The maximum absolute atomic E-state index is 13.0. The smallest absolute Gasteiger partial charge is 0.410 e. The van der Waals surface area contributed by atoms with Crippen molar-refractivity contribution in [3.8, 4) is 0 Å². The molecule has 22 heavy (non-hydrogen) atoms. The fourth-order valence-corrected chi connectivity index (χ4v) is 2.68. The molecule has 1 aromatic rings. The van der Waals surface area contributed by atoms with Gasteiger partial charge in [0.05, 0.1) is 0 Å². The summed E-state index contributed by atoms with van der Waals surface area (Å²) >= 11 is 0. The van der Waals surface area contributed by atoms with Crippen LogP contribution in [0.4, 0.5) is 9.18 Å². The summed E-state index contributed by atoms with van der Waals surface area (Å²) in [6, 6.07) is 6.78. The van der Waals surface area contributed by atoms with Crippen LogP contribution in [0.5, 0.6) is 0 Å². The Kier molecular flexibility index (Phi) is 5.06. The van der Waals surface area contributed by atoms with Crippen LogP contribution < -0.4 is 5.32 Å². The molecule has 1 amide bonds. The van der Waals surface area contributed by atoms with Crippen molar-refractivity contribution in [1.29, 1.82) is 0 Å². The third kappa shape index (κ3) is 4.44. The van der Waals surface area contributed by atoms with Gasteiger partial charge in [-0.3, -0.25) is 0 Å². The monoisotopic (exact) mass is 308 g/mol. The summed E-state index contributed by atoms with van der Waals surface area (Å²) in [5.74, 6) is -0.234. The van der Waals surface area contributed by atoms with Gasteiger partial charge in [-0.2, -0.15) is 0 Å². The van der Waals surface area contributed by atoms with Gasteiger partial charge < -0.3 is 15.0 Å². The van der Waals surface area contributed by atoms with Crippen molar-refractivity contribution in [2.45, 2.75) is 51.3 Å². The largest absolute Gasteiger partial charge is 0.444 e. The maximum atomic E-state index is 13.0. The molecule has 0 aliphatic carbocycles. The van der Waals surface area contributed by atoms with Crippen molar-refractivity contribution in [2.24, 2.45) is 0 Å². The second-order valence-electron chi connectivity index (χ2n) is 6.83. The summed E-state index contributed by atoms with van der Waals surface area (Å²) in [4.78, 5) is 13.9. The Hall–Kier alpha value is -1.62. The van der Waals surface area contributed by atoms with Crippen molar-refractivity contribution in [3.63, 3.8) is 0 Å². The summed E-state index contributed by atoms with van der Waals surface area (Å²) < 4.78 is 18.5. The highest BCUT2D eigenvalue weighted by atomic mass is 19.1. The molecule has 5 heteroatoms. The zero-order valence-corrected chi connectivity index (χ0v) is 13.7. The molecule has 1 aliphatic heterocycles. The van der Waals surface area contributed by atoms with E-state index in [1.54, 1.807) is 24.1 Å². The van der Waals surface area contributed by atoms with Crippen molar-refractivity contribution in [2.75, 3.05) is 13.6 Å². The Morgan fingerprint density at radius 3 is 2.55 bits per heavy atom. The number of benzene rings is 1. The number of piperidine rings is 1. The molecule has 122 valence electrons. The molecule has 2 rings (SSSR count). The molecule has 1 aliphatic rings. The molecule has 0 spiro atoms. The lowest BCUT2D eigenvalue weighted by Gasteiger charge is -2.37. The lowest BCUT2D eigenvalue weighted by Crippen LogP contribution is -2.46. The topological polar surface area (TPSA) is 41.6 Å². The van der Waals surface area contributed by atoms with Crippen molar-refractivity contribution < 1.29 is 13.9 Å². The highest BCUT2D eigenvalue weighted by Crippen LogP contribution is 2.26. The van der Waals surface area contributed by atoms with E-state index in [1.165, 1.54) is 12.1 Å². The second kappa shape index (κ2) is 6.65. The number of carbonyl (C=O) groups excluding carboxylic acids is 1. The Bertz CT molecular complexity index is 510. The molecule has 0 aromatic heterocycles. The zero-order valence-electron chi connectivity index (χ0n) is 13.7. The molecule has 0 radical (unpaired) electrons. The Morgan fingerprint density at radius 2 is 1.95 bits per heavy atom. The summed E-state index contributed by atoms with van der Waals surface area (Å²) in [5.41, 5.74) is 0.554. The number of nitrogens with one attached hydrogen (secondary N) is 1. The van der Waals surface area contributed by atoms with Crippen LogP contribution in [0.25, 0.3) is 0 Å². The lowest BCUT2D eigenvalue weighted by atomic mass is 9.93. The summed E-state index contributed by atoms with van der Waals surface area (Å²) in [6.45, 7) is 6.41. The standard InChI is InChI=1S/C17H25FN2O2/c1-17(2,3)22-16(21)20(4)14-9-10-19-15(11-14)12-5-7-13(18)8-6-12/h5-8,14-15,19H,9-11H2,1-4H3/t14-,15+/m1/s1. The van der Waals surface area contributed by atoms with Crippen LogP contribution in [-0.2, 0) is 4.74 Å². The Balaban J connectivity index is 2.00. The van der Waals surface area contributed by atoms with E-state index >= 15 is 0 Å². The van der Waals surface area contributed by atoms with E-state index < -0.39 is 5.60 Å². The maximum Gasteiger partial charge on any atom is 0.410 e. The predicted octanol–water partition coefficient (Wildman–Crippen LogP) is 3.49. The van der Waals surface area contributed by atoms with E-state index in [2.05, 4.69) is 5.32 Å².